The minimum Gasteiger partial charge on any atom is -0.508 e. The molecule has 2 rings (SSSR count). The zero-order chi connectivity index (χ0) is 18.1. The van der Waals surface area contributed by atoms with Gasteiger partial charge in [0, 0.05) is 11.3 Å². The summed E-state index contributed by atoms with van der Waals surface area (Å²) in [6.45, 7) is 2.78. The molecule has 0 heterocycles. The molecule has 4 N–H and O–H groups in total. The molecule has 0 aliphatic heterocycles. The molecule has 0 bridgehead atoms. The van der Waals surface area contributed by atoms with Crippen LogP contribution in [0.25, 0.3) is 0 Å². The maximum atomic E-state index is 12.5. The van der Waals surface area contributed by atoms with Crippen LogP contribution in [0.15, 0.2) is 46.9 Å². The van der Waals surface area contributed by atoms with Gasteiger partial charge in [-0.25, -0.2) is 0 Å². The number of hydrogen-bond acceptors (Lipinski definition) is 6. The minimum atomic E-state index is -1.91. The fourth-order valence-electron chi connectivity index (χ4n) is 2.82. The number of methoxy groups -OCH3 is 1. The highest BCUT2D eigenvalue weighted by molar-refractivity contribution is 6.31. The van der Waals surface area contributed by atoms with Gasteiger partial charge in [-0.2, -0.15) is 0 Å². The summed E-state index contributed by atoms with van der Waals surface area (Å²) in [5, 5.41) is 19.7. The molecule has 1 aromatic rings. The van der Waals surface area contributed by atoms with E-state index in [0.717, 1.165) is 5.56 Å². The van der Waals surface area contributed by atoms with Crippen molar-refractivity contribution in [3.63, 3.8) is 0 Å². The Balaban J connectivity index is 2.33. The summed E-state index contributed by atoms with van der Waals surface area (Å²) >= 11 is 0. The first-order valence-corrected chi connectivity index (χ1v) is 7.53. The molecule has 0 aromatic heterocycles. The van der Waals surface area contributed by atoms with Crippen LogP contribution in [0.4, 0.5) is 0 Å². The number of aliphatic hydroxyl groups is 1. The van der Waals surface area contributed by atoms with Gasteiger partial charge in [-0.1, -0.05) is 12.1 Å². The lowest BCUT2D eigenvalue weighted by Gasteiger charge is -2.31. The lowest BCUT2D eigenvalue weighted by molar-refractivity contribution is -0.135. The number of ketones is 2. The normalized spacial score (nSPS) is 23.5. The number of aryl methyl sites for hydroxylation is 1. The molecule has 0 amide bonds. The van der Waals surface area contributed by atoms with E-state index in [9.17, 15) is 19.8 Å². The maximum Gasteiger partial charge on any atom is 0.207 e. The Morgan fingerprint density at radius 3 is 2.38 bits per heavy atom. The first-order chi connectivity index (χ1) is 11.2. The van der Waals surface area contributed by atoms with Gasteiger partial charge in [0.05, 0.1) is 12.7 Å². The van der Waals surface area contributed by atoms with Gasteiger partial charge in [-0.15, -0.1) is 0 Å². The van der Waals surface area contributed by atoms with Crippen molar-refractivity contribution in [3.05, 3.63) is 52.4 Å². The number of aromatic hydroxyl groups is 1. The molecule has 0 saturated carbocycles. The molecule has 6 heteroatoms. The molecule has 1 aromatic carbocycles. The number of allylic oxidation sites excluding steroid dienone is 2. The van der Waals surface area contributed by atoms with Crippen LogP contribution in [0, 0.1) is 0 Å². The largest absolute Gasteiger partial charge is 0.508 e. The number of phenols is 1. The standard InChI is InChI=1S/C18H21NO5/c1-10-15(21)14(16(22)18(2,23)17(10)24-3)13(19)9-6-11-4-7-12(20)8-5-11/h4-5,7-8,20,23H,6,9,19H2,1-3H3/t18-/m1/s1. The van der Waals surface area contributed by atoms with E-state index in [1.807, 2.05) is 0 Å². The monoisotopic (exact) mass is 331 g/mol. The summed E-state index contributed by atoms with van der Waals surface area (Å²) in [5.41, 5.74) is 5.11. The van der Waals surface area contributed by atoms with Crippen LogP contribution in [-0.4, -0.2) is 34.5 Å². The third kappa shape index (κ3) is 3.05. The Hall–Kier alpha value is -2.60. The molecular weight excluding hydrogens is 310 g/mol. The molecule has 0 fully saturated rings. The van der Waals surface area contributed by atoms with Gasteiger partial charge in [0.1, 0.15) is 11.5 Å². The van der Waals surface area contributed by atoms with Crippen molar-refractivity contribution < 1.29 is 24.5 Å². The van der Waals surface area contributed by atoms with E-state index in [-0.39, 0.29) is 34.8 Å². The summed E-state index contributed by atoms with van der Waals surface area (Å²) in [5.74, 6) is -1.16. The quantitative estimate of drug-likeness (QED) is 0.568. The van der Waals surface area contributed by atoms with Gasteiger partial charge in [0.25, 0.3) is 0 Å². The summed E-state index contributed by atoms with van der Waals surface area (Å²) in [4.78, 5) is 25.0. The molecule has 1 aliphatic carbocycles. The zero-order valence-electron chi connectivity index (χ0n) is 13.9. The predicted octanol–water partition coefficient (Wildman–Crippen LogP) is 1.36. The van der Waals surface area contributed by atoms with Gasteiger partial charge in [-0.05, 0) is 44.4 Å². The number of benzene rings is 1. The summed E-state index contributed by atoms with van der Waals surface area (Å²) in [7, 11) is 1.30. The van der Waals surface area contributed by atoms with E-state index < -0.39 is 17.2 Å². The highest BCUT2D eigenvalue weighted by Crippen LogP contribution is 2.33. The first-order valence-electron chi connectivity index (χ1n) is 7.53. The molecule has 1 atom stereocenters. The second-order valence-electron chi connectivity index (χ2n) is 5.96. The average Bonchev–Trinajstić information content (AvgIpc) is 2.53. The molecule has 0 saturated heterocycles. The van der Waals surface area contributed by atoms with Crippen molar-refractivity contribution in [2.75, 3.05) is 7.11 Å². The highest BCUT2D eigenvalue weighted by Gasteiger charge is 2.47. The van der Waals surface area contributed by atoms with Crippen molar-refractivity contribution >= 4 is 11.6 Å². The van der Waals surface area contributed by atoms with Crippen molar-refractivity contribution in [1.82, 2.24) is 0 Å². The van der Waals surface area contributed by atoms with Gasteiger partial charge in [0.2, 0.25) is 5.78 Å². The van der Waals surface area contributed by atoms with Crippen LogP contribution in [0.1, 0.15) is 25.8 Å². The molecule has 0 radical (unpaired) electrons. The van der Waals surface area contributed by atoms with E-state index in [0.29, 0.717) is 6.42 Å². The van der Waals surface area contributed by atoms with Crippen LogP contribution in [0.5, 0.6) is 5.75 Å². The van der Waals surface area contributed by atoms with Gasteiger partial charge >= 0.3 is 0 Å². The van der Waals surface area contributed by atoms with Crippen LogP contribution >= 0.6 is 0 Å². The average molecular weight is 331 g/mol. The van der Waals surface area contributed by atoms with Crippen molar-refractivity contribution in [2.45, 2.75) is 32.3 Å². The fourth-order valence-corrected chi connectivity index (χ4v) is 2.82. The van der Waals surface area contributed by atoms with Crippen molar-refractivity contribution in [3.8, 4) is 5.75 Å². The Kier molecular flexibility index (Phi) is 4.80. The Labute approximate surface area is 140 Å². The van der Waals surface area contributed by atoms with Gasteiger partial charge in [-0.3, -0.25) is 9.59 Å². The lowest BCUT2D eigenvalue weighted by atomic mass is 9.79. The molecule has 128 valence electrons. The third-order valence-electron chi connectivity index (χ3n) is 4.16. The molecule has 0 spiro atoms. The lowest BCUT2D eigenvalue weighted by Crippen LogP contribution is -2.46. The van der Waals surface area contributed by atoms with Crippen LogP contribution < -0.4 is 5.73 Å². The smallest absolute Gasteiger partial charge is 0.207 e. The number of Topliss-reactive ketones (excluding diaryl/α,β-unsaturated/α-hetero) is 2. The molecule has 24 heavy (non-hydrogen) atoms. The van der Waals surface area contributed by atoms with E-state index in [4.69, 9.17) is 10.5 Å². The van der Waals surface area contributed by atoms with E-state index in [2.05, 4.69) is 0 Å². The maximum absolute atomic E-state index is 12.5. The summed E-state index contributed by atoms with van der Waals surface area (Å²) in [6.07, 6.45) is 0.779. The second-order valence-corrected chi connectivity index (χ2v) is 5.96. The number of hydrogen-bond donors (Lipinski definition) is 3. The Bertz CT molecular complexity index is 741. The zero-order valence-corrected chi connectivity index (χ0v) is 13.9. The summed E-state index contributed by atoms with van der Waals surface area (Å²) in [6, 6.07) is 6.58. The number of rotatable bonds is 4. The molecule has 6 nitrogen and oxygen atoms in total. The van der Waals surface area contributed by atoms with Crippen LogP contribution in [0.2, 0.25) is 0 Å². The number of ether oxygens (including phenoxy) is 1. The Morgan fingerprint density at radius 1 is 1.25 bits per heavy atom. The molecular formula is C18H21NO5. The number of carbonyl (C=O) groups is 2. The molecule has 0 unspecified atom stereocenters. The van der Waals surface area contributed by atoms with Crippen LogP contribution in [0.3, 0.4) is 0 Å². The topological polar surface area (TPSA) is 110 Å². The summed E-state index contributed by atoms with van der Waals surface area (Å²) < 4.78 is 5.03. The Morgan fingerprint density at radius 2 is 1.83 bits per heavy atom. The minimum absolute atomic E-state index is 0.0485. The van der Waals surface area contributed by atoms with Gasteiger partial charge in [0.15, 0.2) is 11.4 Å². The fraction of sp³-hybridized carbons (Fsp3) is 0.333. The van der Waals surface area contributed by atoms with Crippen molar-refractivity contribution in [2.24, 2.45) is 5.73 Å². The van der Waals surface area contributed by atoms with Crippen molar-refractivity contribution in [1.29, 1.82) is 0 Å². The van der Waals surface area contributed by atoms with E-state index in [1.54, 1.807) is 24.3 Å². The highest BCUT2D eigenvalue weighted by atomic mass is 16.5. The second kappa shape index (κ2) is 6.49. The van der Waals surface area contributed by atoms with E-state index >= 15 is 0 Å². The number of nitrogens with two attached hydrogens (primary N) is 1. The van der Waals surface area contributed by atoms with Gasteiger partial charge < -0.3 is 20.7 Å². The molecule has 1 aliphatic rings. The number of carbonyl (C=O) groups excluding carboxylic acids is 2. The third-order valence-corrected chi connectivity index (χ3v) is 4.16. The van der Waals surface area contributed by atoms with E-state index in [1.165, 1.54) is 21.0 Å². The SMILES string of the molecule is COC1=C(C)C(=O)C(=C(N)CCc2ccc(O)cc2)C(=O)[C@@]1(C)O. The number of phenolic OH excluding ortho intramolecular Hbond substituents is 1. The predicted molar refractivity (Wildman–Crippen MR) is 88.0 cm³/mol. The van der Waals surface area contributed by atoms with Crippen LogP contribution in [-0.2, 0) is 20.7 Å². The first kappa shape index (κ1) is 17.7.